The van der Waals surface area contributed by atoms with E-state index in [1.807, 2.05) is 0 Å². The smallest absolute Gasteiger partial charge is 0.0602 e. The minimum absolute atomic E-state index is 0.0661. The third-order valence-corrected chi connectivity index (χ3v) is 1.50. The SMILES string of the molecule is C/C=C\[Si+](C)C. The molecule has 0 aliphatic heterocycles. The molecule has 0 aromatic rings. The van der Waals surface area contributed by atoms with Crippen LogP contribution in [0.4, 0.5) is 0 Å². The fourth-order valence-corrected chi connectivity index (χ4v) is 1.00. The van der Waals surface area contributed by atoms with Gasteiger partial charge in [0.1, 0.15) is 0 Å². The van der Waals surface area contributed by atoms with Gasteiger partial charge in [0.25, 0.3) is 0 Å². The van der Waals surface area contributed by atoms with Crippen LogP contribution in [0.2, 0.25) is 13.1 Å². The van der Waals surface area contributed by atoms with E-state index < -0.39 is 0 Å². The minimum Gasteiger partial charge on any atom is -0.0602 e. The average molecular weight is 99.2 g/mol. The van der Waals surface area contributed by atoms with Crippen LogP contribution in [-0.4, -0.2) is 8.80 Å². The molecule has 0 rings (SSSR count). The lowest BCUT2D eigenvalue weighted by Gasteiger charge is -1.66. The van der Waals surface area contributed by atoms with Crippen molar-refractivity contribution in [3.63, 3.8) is 0 Å². The molecule has 0 saturated carbocycles. The van der Waals surface area contributed by atoms with E-state index >= 15 is 0 Å². The van der Waals surface area contributed by atoms with Gasteiger partial charge in [-0.25, -0.2) is 0 Å². The van der Waals surface area contributed by atoms with E-state index in [9.17, 15) is 0 Å². The molecule has 0 spiro atoms. The summed E-state index contributed by atoms with van der Waals surface area (Å²) in [5.41, 5.74) is 2.27. The molecule has 0 heterocycles. The van der Waals surface area contributed by atoms with Crippen molar-refractivity contribution in [3.05, 3.63) is 11.8 Å². The van der Waals surface area contributed by atoms with Gasteiger partial charge in [0.05, 0.1) is 18.8 Å². The van der Waals surface area contributed by atoms with Crippen LogP contribution in [0.3, 0.4) is 0 Å². The summed E-state index contributed by atoms with van der Waals surface area (Å²) in [7, 11) is -0.0661. The van der Waals surface area contributed by atoms with Crippen molar-refractivity contribution in [1.82, 2.24) is 0 Å². The molecule has 0 saturated heterocycles. The first-order chi connectivity index (χ1) is 2.77. The molecule has 0 amide bonds. The first-order valence-corrected chi connectivity index (χ1v) is 4.78. The Morgan fingerprint density at radius 2 is 1.83 bits per heavy atom. The quantitative estimate of drug-likeness (QED) is 0.440. The van der Waals surface area contributed by atoms with E-state index in [2.05, 4.69) is 31.8 Å². The molecule has 0 atom stereocenters. The molecule has 0 aliphatic carbocycles. The highest BCUT2D eigenvalue weighted by Gasteiger charge is 1.99. The maximum absolute atomic E-state index is 2.27. The second kappa shape index (κ2) is 3.16. The molecule has 6 heavy (non-hydrogen) atoms. The number of allylic oxidation sites excluding steroid dienone is 1. The van der Waals surface area contributed by atoms with E-state index in [1.54, 1.807) is 0 Å². The maximum Gasteiger partial charge on any atom is 0.337 e. The molecular weight excluding hydrogens is 88.1 g/mol. The minimum atomic E-state index is -0.0661. The summed E-state index contributed by atoms with van der Waals surface area (Å²) in [6.45, 7) is 6.60. The van der Waals surface area contributed by atoms with Crippen molar-refractivity contribution in [2.24, 2.45) is 0 Å². The lowest BCUT2D eigenvalue weighted by atomic mass is 10.8. The van der Waals surface area contributed by atoms with E-state index in [0.717, 1.165) is 0 Å². The monoisotopic (exact) mass is 99.1 g/mol. The molecular formula is C5H11Si+. The third-order valence-electron chi connectivity index (χ3n) is 0.500. The molecule has 0 nitrogen and oxygen atoms in total. The van der Waals surface area contributed by atoms with E-state index in [4.69, 9.17) is 0 Å². The Kier molecular flexibility index (Phi) is 3.14. The van der Waals surface area contributed by atoms with Crippen molar-refractivity contribution in [2.75, 3.05) is 0 Å². The summed E-state index contributed by atoms with van der Waals surface area (Å²) >= 11 is 0. The van der Waals surface area contributed by atoms with Gasteiger partial charge in [-0.3, -0.25) is 0 Å². The lowest BCUT2D eigenvalue weighted by molar-refractivity contribution is 1.76. The Bertz CT molecular complexity index is 45.9. The van der Waals surface area contributed by atoms with Crippen molar-refractivity contribution >= 4 is 8.80 Å². The van der Waals surface area contributed by atoms with E-state index in [-0.39, 0.29) is 8.80 Å². The standard InChI is InChI=1S/C5H11Si/c1-4-5-6(2)3/h4-5H,1-3H3/q+1/b5-4-. The first-order valence-electron chi connectivity index (χ1n) is 2.20. The summed E-state index contributed by atoms with van der Waals surface area (Å²) in [4.78, 5) is 0. The summed E-state index contributed by atoms with van der Waals surface area (Å²) in [5, 5.41) is 0. The zero-order valence-corrected chi connectivity index (χ0v) is 5.65. The Morgan fingerprint density at radius 3 is 1.83 bits per heavy atom. The Balaban J connectivity index is 3.03. The van der Waals surface area contributed by atoms with Crippen molar-refractivity contribution < 1.29 is 0 Å². The largest absolute Gasteiger partial charge is 0.337 e. The Labute approximate surface area is 41.5 Å². The Morgan fingerprint density at radius 1 is 1.33 bits per heavy atom. The van der Waals surface area contributed by atoms with Crippen LogP contribution in [0.15, 0.2) is 11.8 Å². The molecule has 0 bridgehead atoms. The molecule has 0 aromatic heterocycles. The fraction of sp³-hybridized carbons (Fsp3) is 0.600. The summed E-state index contributed by atoms with van der Waals surface area (Å²) in [6.07, 6.45) is 2.12. The predicted octanol–water partition coefficient (Wildman–Crippen LogP) is 1.86. The molecule has 0 unspecified atom stereocenters. The van der Waals surface area contributed by atoms with Gasteiger partial charge in [-0.15, -0.1) is 0 Å². The Hall–Kier alpha value is -0.0431. The zero-order valence-electron chi connectivity index (χ0n) is 4.65. The van der Waals surface area contributed by atoms with Gasteiger partial charge in [-0.05, 0) is 6.92 Å². The number of rotatable bonds is 1. The van der Waals surface area contributed by atoms with Gasteiger partial charge in [0.15, 0.2) is 0 Å². The van der Waals surface area contributed by atoms with Crippen molar-refractivity contribution in [1.29, 1.82) is 0 Å². The number of hydrogen-bond acceptors (Lipinski definition) is 0. The molecule has 1 heteroatoms. The second-order valence-corrected chi connectivity index (χ2v) is 4.07. The van der Waals surface area contributed by atoms with E-state index in [0.29, 0.717) is 0 Å². The van der Waals surface area contributed by atoms with Gasteiger partial charge in [0, 0.05) is 0 Å². The van der Waals surface area contributed by atoms with Crippen LogP contribution in [0, 0.1) is 0 Å². The van der Waals surface area contributed by atoms with Crippen molar-refractivity contribution in [3.8, 4) is 0 Å². The van der Waals surface area contributed by atoms with Crippen LogP contribution in [0.5, 0.6) is 0 Å². The topological polar surface area (TPSA) is 0 Å². The van der Waals surface area contributed by atoms with Crippen LogP contribution in [0.25, 0.3) is 0 Å². The van der Waals surface area contributed by atoms with Gasteiger partial charge in [0.2, 0.25) is 0 Å². The van der Waals surface area contributed by atoms with Gasteiger partial charge < -0.3 is 0 Å². The number of hydrogen-bond donors (Lipinski definition) is 0. The average Bonchev–Trinajstić information content (AvgIpc) is 1.35. The highest BCUT2D eigenvalue weighted by atomic mass is 28.3. The van der Waals surface area contributed by atoms with Crippen LogP contribution >= 0.6 is 0 Å². The zero-order chi connectivity index (χ0) is 4.99. The van der Waals surface area contributed by atoms with Crippen LogP contribution in [-0.2, 0) is 0 Å². The van der Waals surface area contributed by atoms with Gasteiger partial charge in [-0.1, -0.05) is 6.08 Å². The normalized spacial score (nSPS) is 9.83. The van der Waals surface area contributed by atoms with Gasteiger partial charge in [-0.2, -0.15) is 0 Å². The highest BCUT2D eigenvalue weighted by Crippen LogP contribution is 1.78. The molecule has 0 N–H and O–H groups in total. The summed E-state index contributed by atoms with van der Waals surface area (Å²) < 4.78 is 0. The highest BCUT2D eigenvalue weighted by molar-refractivity contribution is 6.61. The molecule has 0 aliphatic rings. The third kappa shape index (κ3) is 3.96. The lowest BCUT2D eigenvalue weighted by Crippen LogP contribution is -1.90. The molecule has 0 radical (unpaired) electrons. The molecule has 0 fully saturated rings. The van der Waals surface area contributed by atoms with Crippen LogP contribution in [0.1, 0.15) is 6.92 Å². The molecule has 34 valence electrons. The fourth-order valence-electron chi connectivity index (χ4n) is 0.333. The second-order valence-electron chi connectivity index (χ2n) is 1.58. The van der Waals surface area contributed by atoms with E-state index in [1.165, 1.54) is 0 Å². The predicted molar refractivity (Wildman–Crippen MR) is 32.3 cm³/mol. The summed E-state index contributed by atoms with van der Waals surface area (Å²) in [5.74, 6) is 0. The summed E-state index contributed by atoms with van der Waals surface area (Å²) in [6, 6.07) is 0. The van der Waals surface area contributed by atoms with Gasteiger partial charge >= 0.3 is 8.80 Å². The first kappa shape index (κ1) is 5.96. The maximum atomic E-state index is 2.27. The molecule has 0 aromatic carbocycles. The van der Waals surface area contributed by atoms with Crippen LogP contribution < -0.4 is 0 Å². The van der Waals surface area contributed by atoms with Crippen molar-refractivity contribution in [2.45, 2.75) is 20.0 Å².